The first-order chi connectivity index (χ1) is 12.8. The molecule has 3 rings (SSSR count). The SMILES string of the molecule is COc1ccccc1OC(C)CNc1nc2c(cnn2C(C)(C)C)c(=O)[nH]1. The van der Waals surface area contributed by atoms with Crippen LogP contribution in [-0.2, 0) is 5.54 Å². The van der Waals surface area contributed by atoms with E-state index in [1.54, 1.807) is 18.0 Å². The molecule has 0 saturated carbocycles. The van der Waals surface area contributed by atoms with Gasteiger partial charge < -0.3 is 14.8 Å². The number of fused-ring (bicyclic) bond motifs is 1. The number of rotatable bonds is 6. The summed E-state index contributed by atoms with van der Waals surface area (Å²) in [4.78, 5) is 19.6. The zero-order valence-corrected chi connectivity index (χ0v) is 16.2. The van der Waals surface area contributed by atoms with Gasteiger partial charge in [-0.1, -0.05) is 12.1 Å². The smallest absolute Gasteiger partial charge is 0.263 e. The number of benzene rings is 1. The minimum Gasteiger partial charge on any atom is -0.493 e. The Labute approximate surface area is 157 Å². The largest absolute Gasteiger partial charge is 0.493 e. The van der Waals surface area contributed by atoms with E-state index in [1.807, 2.05) is 52.0 Å². The average molecular weight is 371 g/mol. The molecule has 8 nitrogen and oxygen atoms in total. The molecule has 0 aliphatic rings. The van der Waals surface area contributed by atoms with E-state index in [0.717, 1.165) is 0 Å². The van der Waals surface area contributed by atoms with E-state index < -0.39 is 0 Å². The molecule has 0 aliphatic heterocycles. The van der Waals surface area contributed by atoms with Crippen molar-refractivity contribution >= 4 is 17.0 Å². The monoisotopic (exact) mass is 371 g/mol. The second-order valence-corrected chi connectivity index (χ2v) is 7.34. The first kappa shape index (κ1) is 18.8. The molecule has 8 heteroatoms. The predicted octanol–water partition coefficient (Wildman–Crippen LogP) is 2.76. The molecule has 0 aliphatic carbocycles. The number of ether oxygens (including phenoxy) is 2. The molecule has 2 N–H and O–H groups in total. The summed E-state index contributed by atoms with van der Waals surface area (Å²) in [6, 6.07) is 7.47. The van der Waals surface area contributed by atoms with Crippen molar-refractivity contribution in [1.29, 1.82) is 0 Å². The summed E-state index contributed by atoms with van der Waals surface area (Å²) >= 11 is 0. The van der Waals surface area contributed by atoms with Gasteiger partial charge in [0.25, 0.3) is 5.56 Å². The topological polar surface area (TPSA) is 94.1 Å². The lowest BCUT2D eigenvalue weighted by atomic mass is 10.1. The Kier molecular flexibility index (Phi) is 5.07. The van der Waals surface area contributed by atoms with E-state index >= 15 is 0 Å². The first-order valence-corrected chi connectivity index (χ1v) is 8.81. The highest BCUT2D eigenvalue weighted by Crippen LogP contribution is 2.26. The Morgan fingerprint density at radius 1 is 1.26 bits per heavy atom. The maximum atomic E-state index is 12.3. The average Bonchev–Trinajstić information content (AvgIpc) is 3.05. The maximum absolute atomic E-state index is 12.3. The molecule has 0 amide bonds. The van der Waals surface area contributed by atoms with Gasteiger partial charge in [-0.3, -0.25) is 9.78 Å². The summed E-state index contributed by atoms with van der Waals surface area (Å²) in [5.74, 6) is 1.72. The van der Waals surface area contributed by atoms with Gasteiger partial charge in [-0.05, 0) is 39.8 Å². The quantitative estimate of drug-likeness (QED) is 0.692. The number of anilines is 1. The van der Waals surface area contributed by atoms with Crippen molar-refractivity contribution < 1.29 is 9.47 Å². The van der Waals surface area contributed by atoms with Crippen LogP contribution in [0.1, 0.15) is 27.7 Å². The Morgan fingerprint density at radius 3 is 2.63 bits per heavy atom. The molecule has 2 heterocycles. The van der Waals surface area contributed by atoms with E-state index in [1.165, 1.54) is 0 Å². The van der Waals surface area contributed by atoms with Crippen LogP contribution in [0.3, 0.4) is 0 Å². The lowest BCUT2D eigenvalue weighted by molar-refractivity contribution is 0.223. The molecule has 3 aromatic rings. The Balaban J connectivity index is 1.76. The van der Waals surface area contributed by atoms with Gasteiger partial charge in [0.2, 0.25) is 5.95 Å². The molecule has 2 aromatic heterocycles. The molecule has 1 aromatic carbocycles. The minimum absolute atomic E-state index is 0.171. The van der Waals surface area contributed by atoms with Crippen molar-refractivity contribution in [3.05, 3.63) is 40.8 Å². The van der Waals surface area contributed by atoms with Crippen LogP contribution in [-0.4, -0.2) is 39.5 Å². The lowest BCUT2D eigenvalue weighted by Gasteiger charge is -2.20. The molecule has 1 unspecified atom stereocenters. The van der Waals surface area contributed by atoms with Crippen LogP contribution in [0.25, 0.3) is 11.0 Å². The summed E-state index contributed by atoms with van der Waals surface area (Å²) in [6.07, 6.45) is 1.37. The van der Waals surface area contributed by atoms with E-state index in [9.17, 15) is 4.79 Å². The summed E-state index contributed by atoms with van der Waals surface area (Å²) in [5, 5.41) is 7.90. The molecule has 0 bridgehead atoms. The van der Waals surface area contributed by atoms with Gasteiger partial charge in [0.05, 0.1) is 25.4 Å². The molecule has 144 valence electrons. The van der Waals surface area contributed by atoms with Gasteiger partial charge in [0.1, 0.15) is 11.5 Å². The van der Waals surface area contributed by atoms with Crippen molar-refractivity contribution in [1.82, 2.24) is 19.7 Å². The van der Waals surface area contributed by atoms with Crippen molar-refractivity contribution in [2.75, 3.05) is 19.0 Å². The number of para-hydroxylation sites is 2. The number of aromatic amines is 1. The second kappa shape index (κ2) is 7.30. The van der Waals surface area contributed by atoms with Gasteiger partial charge in [0.15, 0.2) is 17.1 Å². The molecule has 0 saturated heterocycles. The fourth-order valence-corrected chi connectivity index (χ4v) is 2.71. The van der Waals surface area contributed by atoms with Crippen LogP contribution < -0.4 is 20.3 Å². The molecule has 0 spiro atoms. The normalized spacial score (nSPS) is 12.8. The zero-order valence-electron chi connectivity index (χ0n) is 16.2. The third kappa shape index (κ3) is 4.05. The highest BCUT2D eigenvalue weighted by molar-refractivity contribution is 5.74. The third-order valence-corrected chi connectivity index (χ3v) is 4.03. The standard InChI is InChI=1S/C19H25N5O3/c1-12(27-15-9-7-6-8-14(15)26-5)10-20-18-22-16-13(17(25)23-18)11-21-24(16)19(2,3)4/h6-9,11-12H,10H2,1-5H3,(H2,20,22,23,25). The van der Waals surface area contributed by atoms with Gasteiger partial charge in [-0.25, -0.2) is 4.68 Å². The third-order valence-electron chi connectivity index (χ3n) is 4.03. The van der Waals surface area contributed by atoms with Crippen molar-refractivity contribution in [3.8, 4) is 11.5 Å². The van der Waals surface area contributed by atoms with E-state index in [2.05, 4.69) is 20.4 Å². The van der Waals surface area contributed by atoms with Crippen LogP contribution in [0, 0.1) is 0 Å². The number of methoxy groups -OCH3 is 1. The minimum atomic E-state index is -0.278. The summed E-state index contributed by atoms with van der Waals surface area (Å²) in [6.45, 7) is 8.42. The number of hydrogen-bond acceptors (Lipinski definition) is 6. The molecular formula is C19H25N5O3. The van der Waals surface area contributed by atoms with Gasteiger partial charge in [0, 0.05) is 0 Å². The fraction of sp³-hybridized carbons (Fsp3) is 0.421. The second-order valence-electron chi connectivity index (χ2n) is 7.34. The Hall–Kier alpha value is -3.03. The van der Waals surface area contributed by atoms with Crippen LogP contribution in [0.4, 0.5) is 5.95 Å². The molecule has 0 fully saturated rings. The van der Waals surface area contributed by atoms with Crippen molar-refractivity contribution in [2.24, 2.45) is 0 Å². The lowest BCUT2D eigenvalue weighted by Crippen LogP contribution is -2.26. The van der Waals surface area contributed by atoms with Crippen LogP contribution >= 0.6 is 0 Å². The van der Waals surface area contributed by atoms with Gasteiger partial charge in [-0.2, -0.15) is 10.1 Å². The van der Waals surface area contributed by atoms with Crippen LogP contribution in [0.15, 0.2) is 35.3 Å². The number of nitrogens with zero attached hydrogens (tertiary/aromatic N) is 3. The van der Waals surface area contributed by atoms with Crippen molar-refractivity contribution in [3.63, 3.8) is 0 Å². The van der Waals surface area contributed by atoms with Crippen LogP contribution in [0.5, 0.6) is 11.5 Å². The summed E-state index contributed by atoms with van der Waals surface area (Å²) in [7, 11) is 1.60. The number of H-pyrrole nitrogens is 1. The van der Waals surface area contributed by atoms with Gasteiger partial charge in [-0.15, -0.1) is 0 Å². The number of nitrogens with one attached hydrogen (secondary N) is 2. The van der Waals surface area contributed by atoms with Crippen LogP contribution in [0.2, 0.25) is 0 Å². The van der Waals surface area contributed by atoms with E-state index in [0.29, 0.717) is 35.0 Å². The first-order valence-electron chi connectivity index (χ1n) is 8.81. The van der Waals surface area contributed by atoms with Gasteiger partial charge >= 0.3 is 0 Å². The van der Waals surface area contributed by atoms with Crippen molar-refractivity contribution in [2.45, 2.75) is 39.3 Å². The summed E-state index contributed by atoms with van der Waals surface area (Å²) in [5.41, 5.74) is 0.0448. The maximum Gasteiger partial charge on any atom is 0.263 e. The fourth-order valence-electron chi connectivity index (χ4n) is 2.71. The Morgan fingerprint density at radius 2 is 1.96 bits per heavy atom. The number of hydrogen-bond donors (Lipinski definition) is 2. The molecule has 27 heavy (non-hydrogen) atoms. The molecule has 0 radical (unpaired) electrons. The molecular weight excluding hydrogens is 346 g/mol. The highest BCUT2D eigenvalue weighted by atomic mass is 16.5. The zero-order chi connectivity index (χ0) is 19.6. The number of aromatic nitrogens is 4. The Bertz CT molecular complexity index is 987. The predicted molar refractivity (Wildman–Crippen MR) is 105 cm³/mol. The molecule has 1 atom stereocenters. The van der Waals surface area contributed by atoms with E-state index in [-0.39, 0.29) is 17.2 Å². The highest BCUT2D eigenvalue weighted by Gasteiger charge is 2.20. The summed E-state index contributed by atoms with van der Waals surface area (Å²) < 4.78 is 13.0. The van der Waals surface area contributed by atoms with E-state index in [4.69, 9.17) is 9.47 Å².